The van der Waals surface area contributed by atoms with E-state index in [-0.39, 0.29) is 11.9 Å². The minimum Gasteiger partial charge on any atom is -0.378 e. The Morgan fingerprint density at radius 3 is 2.68 bits per heavy atom. The van der Waals surface area contributed by atoms with Crippen LogP contribution in [-0.4, -0.2) is 46.5 Å². The van der Waals surface area contributed by atoms with Crippen LogP contribution in [0.1, 0.15) is 17.2 Å². The number of nitrogens with zero attached hydrogens (tertiary/aromatic N) is 5. The number of ether oxygens (including phenoxy) is 1. The van der Waals surface area contributed by atoms with Crippen LogP contribution in [-0.2, 0) is 4.74 Å². The van der Waals surface area contributed by atoms with Crippen molar-refractivity contribution in [2.24, 2.45) is 0 Å². The van der Waals surface area contributed by atoms with E-state index in [2.05, 4.69) is 20.8 Å². The van der Waals surface area contributed by atoms with Gasteiger partial charge in [-0.05, 0) is 34.2 Å². The van der Waals surface area contributed by atoms with E-state index in [1.165, 1.54) is 0 Å². The smallest absolute Gasteiger partial charge is 0.248 e. The highest BCUT2D eigenvalue weighted by molar-refractivity contribution is 5.78. The number of benzene rings is 2. The molecule has 1 N–H and O–H groups in total. The van der Waals surface area contributed by atoms with Crippen LogP contribution in [0.25, 0.3) is 5.70 Å². The van der Waals surface area contributed by atoms with Gasteiger partial charge in [0.25, 0.3) is 0 Å². The van der Waals surface area contributed by atoms with Gasteiger partial charge in [0, 0.05) is 24.4 Å². The first-order valence-corrected chi connectivity index (χ1v) is 9.24. The van der Waals surface area contributed by atoms with Crippen LogP contribution < -0.4 is 10.2 Å². The standard InChI is InChI=1S/C20H19FN6O/c21-16-12-15(6-7-18(16)26-8-10-28-11-9-26)17-13-19(14-4-2-1-3-5-14)27-20(22-17)23-24-25-27/h1-7,12-13,19H,8-11H2,(H,22,23,25). The highest BCUT2D eigenvalue weighted by atomic mass is 19.1. The number of nitrogens with one attached hydrogen (secondary N) is 1. The van der Waals surface area contributed by atoms with Gasteiger partial charge in [0.2, 0.25) is 5.95 Å². The maximum absolute atomic E-state index is 14.9. The lowest BCUT2D eigenvalue weighted by Gasteiger charge is -2.29. The Balaban J connectivity index is 1.50. The second-order valence-electron chi connectivity index (χ2n) is 6.77. The summed E-state index contributed by atoms with van der Waals surface area (Å²) < 4.78 is 21.9. The van der Waals surface area contributed by atoms with Gasteiger partial charge in [-0.2, -0.15) is 4.68 Å². The molecule has 3 aromatic rings. The largest absolute Gasteiger partial charge is 0.378 e. The summed E-state index contributed by atoms with van der Waals surface area (Å²) in [6.45, 7) is 2.63. The van der Waals surface area contributed by atoms with E-state index in [4.69, 9.17) is 4.74 Å². The van der Waals surface area contributed by atoms with Crippen LogP contribution in [0.15, 0.2) is 54.6 Å². The highest BCUT2D eigenvalue weighted by Crippen LogP contribution is 2.33. The molecular weight excluding hydrogens is 359 g/mol. The van der Waals surface area contributed by atoms with Crippen molar-refractivity contribution < 1.29 is 9.13 Å². The Bertz CT molecular complexity index is 1010. The van der Waals surface area contributed by atoms with Gasteiger partial charge < -0.3 is 15.0 Å². The van der Waals surface area contributed by atoms with Gasteiger partial charge in [-0.25, -0.2) is 4.39 Å². The number of rotatable bonds is 3. The summed E-state index contributed by atoms with van der Waals surface area (Å²) in [5, 5.41) is 15.1. The van der Waals surface area contributed by atoms with Crippen molar-refractivity contribution in [3.8, 4) is 0 Å². The zero-order chi connectivity index (χ0) is 18.9. The maximum Gasteiger partial charge on any atom is 0.248 e. The molecule has 5 rings (SSSR count). The van der Waals surface area contributed by atoms with Crippen molar-refractivity contribution in [2.75, 3.05) is 36.5 Å². The van der Waals surface area contributed by atoms with Crippen LogP contribution in [0.4, 0.5) is 16.0 Å². The molecule has 2 aromatic carbocycles. The van der Waals surface area contributed by atoms with E-state index < -0.39 is 0 Å². The number of fused-ring (bicyclic) bond motifs is 1. The summed E-state index contributed by atoms with van der Waals surface area (Å²) in [4.78, 5) is 2.01. The first-order valence-electron chi connectivity index (χ1n) is 9.24. The second kappa shape index (κ2) is 7.05. The molecule has 0 bridgehead atoms. The molecule has 3 heterocycles. The molecule has 0 aliphatic carbocycles. The number of halogens is 1. The number of morpholine rings is 1. The molecule has 8 heteroatoms. The molecule has 1 saturated heterocycles. The third-order valence-corrected chi connectivity index (χ3v) is 5.08. The first-order chi connectivity index (χ1) is 13.8. The average molecular weight is 378 g/mol. The van der Waals surface area contributed by atoms with Gasteiger partial charge in [-0.1, -0.05) is 41.5 Å². The Morgan fingerprint density at radius 2 is 1.89 bits per heavy atom. The van der Waals surface area contributed by atoms with Gasteiger partial charge >= 0.3 is 0 Å². The van der Waals surface area contributed by atoms with Gasteiger partial charge in [0.15, 0.2) is 0 Å². The second-order valence-corrected chi connectivity index (χ2v) is 6.77. The zero-order valence-electron chi connectivity index (χ0n) is 15.1. The van der Waals surface area contributed by atoms with Crippen LogP contribution >= 0.6 is 0 Å². The monoisotopic (exact) mass is 378 g/mol. The lowest BCUT2D eigenvalue weighted by molar-refractivity contribution is 0.122. The number of tetrazole rings is 1. The molecular formula is C20H19FN6O. The van der Waals surface area contributed by atoms with Gasteiger partial charge in [-0.15, -0.1) is 0 Å². The molecule has 1 aromatic heterocycles. The molecule has 1 atom stereocenters. The summed E-state index contributed by atoms with van der Waals surface area (Å²) >= 11 is 0. The fraction of sp³-hybridized carbons (Fsp3) is 0.250. The Kier molecular flexibility index (Phi) is 4.25. The Morgan fingerprint density at radius 1 is 1.07 bits per heavy atom. The number of aromatic nitrogens is 4. The van der Waals surface area contributed by atoms with E-state index in [9.17, 15) is 4.39 Å². The van der Waals surface area contributed by atoms with E-state index >= 15 is 0 Å². The molecule has 0 spiro atoms. The van der Waals surface area contributed by atoms with Crippen molar-refractivity contribution in [2.45, 2.75) is 6.04 Å². The predicted octanol–water partition coefficient (Wildman–Crippen LogP) is 2.70. The summed E-state index contributed by atoms with van der Waals surface area (Å²) in [7, 11) is 0. The minimum atomic E-state index is -0.247. The topological polar surface area (TPSA) is 68.1 Å². The number of allylic oxidation sites excluding steroid dienone is 1. The van der Waals surface area contributed by atoms with E-state index in [1.807, 2.05) is 53.4 Å². The fourth-order valence-corrected chi connectivity index (χ4v) is 3.65. The molecule has 28 heavy (non-hydrogen) atoms. The molecule has 2 aliphatic rings. The van der Waals surface area contributed by atoms with E-state index in [0.717, 1.165) is 16.8 Å². The van der Waals surface area contributed by atoms with Crippen molar-refractivity contribution in [1.82, 2.24) is 20.2 Å². The molecule has 1 unspecified atom stereocenters. The molecule has 0 amide bonds. The molecule has 7 nitrogen and oxygen atoms in total. The van der Waals surface area contributed by atoms with Crippen molar-refractivity contribution in [1.29, 1.82) is 0 Å². The summed E-state index contributed by atoms with van der Waals surface area (Å²) in [5.74, 6) is 0.285. The molecule has 2 aliphatic heterocycles. The van der Waals surface area contributed by atoms with Crippen LogP contribution in [0.5, 0.6) is 0 Å². The van der Waals surface area contributed by atoms with E-state index in [1.54, 1.807) is 10.7 Å². The SMILES string of the molecule is Fc1cc(C2=CC(c3ccccc3)n3nnnc3N2)ccc1N1CCOCC1. The molecule has 1 fully saturated rings. The average Bonchev–Trinajstić information content (AvgIpc) is 3.23. The van der Waals surface area contributed by atoms with Crippen molar-refractivity contribution in [3.63, 3.8) is 0 Å². The Labute approximate surface area is 161 Å². The van der Waals surface area contributed by atoms with Gasteiger partial charge in [-0.3, -0.25) is 0 Å². The fourth-order valence-electron chi connectivity index (χ4n) is 3.65. The quantitative estimate of drug-likeness (QED) is 0.756. The van der Waals surface area contributed by atoms with Crippen LogP contribution in [0.2, 0.25) is 0 Å². The molecule has 0 saturated carbocycles. The number of anilines is 2. The first kappa shape index (κ1) is 16.9. The van der Waals surface area contributed by atoms with Crippen LogP contribution in [0.3, 0.4) is 0 Å². The predicted molar refractivity (Wildman–Crippen MR) is 103 cm³/mol. The third kappa shape index (κ3) is 3.01. The summed E-state index contributed by atoms with van der Waals surface area (Å²) in [5.41, 5.74) is 3.20. The van der Waals surface area contributed by atoms with Crippen molar-refractivity contribution in [3.05, 3.63) is 71.6 Å². The lowest BCUT2D eigenvalue weighted by Crippen LogP contribution is -2.36. The number of hydrogen-bond donors (Lipinski definition) is 1. The van der Waals surface area contributed by atoms with Gasteiger partial charge in [0.05, 0.1) is 18.9 Å². The van der Waals surface area contributed by atoms with E-state index in [0.29, 0.717) is 37.9 Å². The lowest BCUT2D eigenvalue weighted by atomic mass is 10.0. The zero-order valence-corrected chi connectivity index (χ0v) is 15.1. The summed E-state index contributed by atoms with van der Waals surface area (Å²) in [6, 6.07) is 15.1. The van der Waals surface area contributed by atoms with Crippen molar-refractivity contribution >= 4 is 17.3 Å². The van der Waals surface area contributed by atoms with Crippen LogP contribution in [0, 0.1) is 5.82 Å². The molecule has 142 valence electrons. The maximum atomic E-state index is 14.9. The normalized spacial score (nSPS) is 19.0. The summed E-state index contributed by atoms with van der Waals surface area (Å²) in [6.07, 6.45) is 2.02. The van der Waals surface area contributed by atoms with Gasteiger partial charge in [0.1, 0.15) is 11.9 Å². The third-order valence-electron chi connectivity index (χ3n) is 5.08. The highest BCUT2D eigenvalue weighted by Gasteiger charge is 2.25. The molecule has 0 radical (unpaired) electrons. The number of hydrogen-bond acceptors (Lipinski definition) is 6. The Hall–Kier alpha value is -3.26. The minimum absolute atomic E-state index is 0.163.